The average molecular weight is 335 g/mol. The normalized spacial score (nSPS) is 17.5. The smallest absolute Gasteiger partial charge is 0.191 e. The number of aryl methyl sites for hydroxylation is 1. The molecule has 1 atom stereocenters. The molecule has 0 spiro atoms. The van der Waals surface area contributed by atoms with E-state index in [-0.39, 0.29) is 11.9 Å². The van der Waals surface area contributed by atoms with Gasteiger partial charge in [0.15, 0.2) is 5.96 Å². The minimum atomic E-state index is -0.169. The van der Waals surface area contributed by atoms with Gasteiger partial charge in [0, 0.05) is 26.8 Å². The van der Waals surface area contributed by atoms with Gasteiger partial charge in [0.25, 0.3) is 0 Å². The van der Waals surface area contributed by atoms with E-state index in [1.165, 1.54) is 12.8 Å². The molecule has 1 aliphatic carbocycles. The maximum Gasteiger partial charge on any atom is 0.191 e. The summed E-state index contributed by atoms with van der Waals surface area (Å²) in [6.45, 7) is 8.31. The van der Waals surface area contributed by atoms with Crippen LogP contribution in [0.1, 0.15) is 50.3 Å². The molecule has 0 aliphatic heterocycles. The van der Waals surface area contributed by atoms with Gasteiger partial charge in [-0.3, -0.25) is 4.99 Å². The number of nitrogens with zero attached hydrogens (tertiary/aromatic N) is 1. The van der Waals surface area contributed by atoms with Gasteiger partial charge in [0.2, 0.25) is 0 Å². The standard InChI is InChI=1S/C19H30FN3O/c1-5-24-11-10-19(8-9-19)13-22-18(21-4)23-15(3)16-7-6-14(2)17(20)12-16/h6-7,12,15H,5,8-11,13H2,1-4H3,(H2,21,22,23). The van der Waals surface area contributed by atoms with Gasteiger partial charge in [0.1, 0.15) is 5.82 Å². The highest BCUT2D eigenvalue weighted by atomic mass is 19.1. The van der Waals surface area contributed by atoms with Gasteiger partial charge < -0.3 is 15.4 Å². The monoisotopic (exact) mass is 335 g/mol. The fourth-order valence-electron chi connectivity index (χ4n) is 2.76. The van der Waals surface area contributed by atoms with Crippen LogP contribution >= 0.6 is 0 Å². The van der Waals surface area contributed by atoms with Crippen molar-refractivity contribution in [3.05, 3.63) is 35.1 Å². The van der Waals surface area contributed by atoms with Crippen LogP contribution in [0.25, 0.3) is 0 Å². The van der Waals surface area contributed by atoms with E-state index in [1.54, 1.807) is 20.0 Å². The third-order valence-corrected chi connectivity index (χ3v) is 4.84. The Morgan fingerprint density at radius 3 is 2.75 bits per heavy atom. The molecule has 0 saturated heterocycles. The summed E-state index contributed by atoms with van der Waals surface area (Å²) in [5, 5.41) is 6.75. The second-order valence-electron chi connectivity index (χ2n) is 6.75. The molecule has 0 amide bonds. The first-order valence-electron chi connectivity index (χ1n) is 8.80. The number of nitrogens with one attached hydrogen (secondary N) is 2. The maximum atomic E-state index is 13.7. The largest absolute Gasteiger partial charge is 0.382 e. The fraction of sp³-hybridized carbons (Fsp3) is 0.632. The molecule has 4 nitrogen and oxygen atoms in total. The Balaban J connectivity index is 1.84. The fourth-order valence-corrected chi connectivity index (χ4v) is 2.76. The zero-order valence-electron chi connectivity index (χ0n) is 15.3. The summed E-state index contributed by atoms with van der Waals surface area (Å²) < 4.78 is 19.2. The Morgan fingerprint density at radius 1 is 1.42 bits per heavy atom. The Labute approximate surface area is 144 Å². The number of hydrogen-bond donors (Lipinski definition) is 2. The Morgan fingerprint density at radius 2 is 2.17 bits per heavy atom. The molecule has 1 unspecified atom stereocenters. The molecular weight excluding hydrogens is 305 g/mol. The van der Waals surface area contributed by atoms with Crippen LogP contribution in [0, 0.1) is 18.2 Å². The molecule has 2 rings (SSSR count). The maximum absolute atomic E-state index is 13.7. The molecule has 0 bridgehead atoms. The van der Waals surface area contributed by atoms with Gasteiger partial charge in [0.05, 0.1) is 6.04 Å². The summed E-state index contributed by atoms with van der Waals surface area (Å²) in [6, 6.07) is 5.34. The number of halogens is 1. The van der Waals surface area contributed by atoms with Crippen LogP contribution in [0.15, 0.2) is 23.2 Å². The molecule has 1 saturated carbocycles. The van der Waals surface area contributed by atoms with E-state index in [2.05, 4.69) is 15.6 Å². The first-order chi connectivity index (χ1) is 11.5. The van der Waals surface area contributed by atoms with Crippen molar-refractivity contribution in [3.8, 4) is 0 Å². The van der Waals surface area contributed by atoms with Crippen molar-refractivity contribution in [1.29, 1.82) is 0 Å². The van der Waals surface area contributed by atoms with Crippen molar-refractivity contribution >= 4 is 5.96 Å². The van der Waals surface area contributed by atoms with E-state index in [0.29, 0.717) is 11.0 Å². The number of rotatable bonds is 8. The van der Waals surface area contributed by atoms with E-state index in [4.69, 9.17) is 4.74 Å². The predicted molar refractivity (Wildman–Crippen MR) is 96.8 cm³/mol. The summed E-state index contributed by atoms with van der Waals surface area (Å²) in [5.74, 6) is 0.586. The topological polar surface area (TPSA) is 45.6 Å². The first-order valence-corrected chi connectivity index (χ1v) is 8.80. The summed E-state index contributed by atoms with van der Waals surface area (Å²) in [5.41, 5.74) is 1.93. The van der Waals surface area contributed by atoms with Crippen LogP contribution in [0.4, 0.5) is 4.39 Å². The highest BCUT2D eigenvalue weighted by molar-refractivity contribution is 5.80. The molecule has 0 heterocycles. The lowest BCUT2D eigenvalue weighted by atomic mass is 10.0. The molecule has 1 aromatic carbocycles. The molecule has 0 aromatic heterocycles. The van der Waals surface area contributed by atoms with Gasteiger partial charge >= 0.3 is 0 Å². The van der Waals surface area contributed by atoms with Crippen LogP contribution in [-0.2, 0) is 4.74 Å². The van der Waals surface area contributed by atoms with Crippen LogP contribution in [-0.4, -0.2) is 32.8 Å². The molecule has 134 valence electrons. The van der Waals surface area contributed by atoms with Crippen LogP contribution in [0.5, 0.6) is 0 Å². The van der Waals surface area contributed by atoms with Gasteiger partial charge in [-0.1, -0.05) is 12.1 Å². The van der Waals surface area contributed by atoms with Crippen molar-refractivity contribution in [3.63, 3.8) is 0 Å². The predicted octanol–water partition coefficient (Wildman–Crippen LogP) is 3.57. The summed E-state index contributed by atoms with van der Waals surface area (Å²) in [7, 11) is 1.76. The minimum absolute atomic E-state index is 0.00937. The van der Waals surface area contributed by atoms with Crippen molar-refractivity contribution in [1.82, 2.24) is 10.6 Å². The summed E-state index contributed by atoms with van der Waals surface area (Å²) in [4.78, 5) is 4.29. The molecular formula is C19H30FN3O. The van der Waals surface area contributed by atoms with Gasteiger partial charge in [-0.05, 0) is 62.6 Å². The van der Waals surface area contributed by atoms with Crippen LogP contribution < -0.4 is 10.6 Å². The summed E-state index contributed by atoms with van der Waals surface area (Å²) in [6.07, 6.45) is 3.56. The summed E-state index contributed by atoms with van der Waals surface area (Å²) >= 11 is 0. The van der Waals surface area contributed by atoms with E-state index in [1.807, 2.05) is 26.0 Å². The van der Waals surface area contributed by atoms with E-state index in [0.717, 1.165) is 37.7 Å². The highest BCUT2D eigenvalue weighted by Crippen LogP contribution is 2.48. The van der Waals surface area contributed by atoms with E-state index >= 15 is 0 Å². The number of guanidine groups is 1. The Kier molecular flexibility index (Phi) is 6.60. The molecule has 1 fully saturated rings. The molecule has 24 heavy (non-hydrogen) atoms. The van der Waals surface area contributed by atoms with Crippen molar-refractivity contribution in [2.75, 3.05) is 26.8 Å². The Bertz CT molecular complexity index is 570. The second kappa shape index (κ2) is 8.47. The third-order valence-electron chi connectivity index (χ3n) is 4.84. The second-order valence-corrected chi connectivity index (χ2v) is 6.75. The first kappa shape index (κ1) is 18.7. The number of aliphatic imine (C=N–C) groups is 1. The average Bonchev–Trinajstić information content (AvgIpc) is 3.34. The highest BCUT2D eigenvalue weighted by Gasteiger charge is 2.41. The minimum Gasteiger partial charge on any atom is -0.382 e. The lowest BCUT2D eigenvalue weighted by Crippen LogP contribution is -2.41. The van der Waals surface area contributed by atoms with Crippen molar-refractivity contribution < 1.29 is 9.13 Å². The number of hydrogen-bond acceptors (Lipinski definition) is 2. The number of ether oxygens (including phenoxy) is 1. The van der Waals surface area contributed by atoms with E-state index < -0.39 is 0 Å². The SMILES string of the molecule is CCOCCC1(CNC(=NC)NC(C)c2ccc(C)c(F)c2)CC1. The van der Waals surface area contributed by atoms with Crippen molar-refractivity contribution in [2.45, 2.75) is 46.1 Å². The zero-order chi connectivity index (χ0) is 17.6. The van der Waals surface area contributed by atoms with E-state index in [9.17, 15) is 4.39 Å². The third kappa shape index (κ3) is 5.20. The molecule has 2 N–H and O–H groups in total. The molecule has 5 heteroatoms. The Hall–Kier alpha value is -1.62. The lowest BCUT2D eigenvalue weighted by molar-refractivity contribution is 0.128. The van der Waals surface area contributed by atoms with Gasteiger partial charge in [-0.2, -0.15) is 0 Å². The molecule has 1 aliphatic rings. The number of benzene rings is 1. The van der Waals surface area contributed by atoms with Crippen LogP contribution in [0.3, 0.4) is 0 Å². The lowest BCUT2D eigenvalue weighted by Gasteiger charge is -2.21. The molecule has 1 aromatic rings. The van der Waals surface area contributed by atoms with Gasteiger partial charge in [-0.25, -0.2) is 4.39 Å². The van der Waals surface area contributed by atoms with Crippen LogP contribution in [0.2, 0.25) is 0 Å². The zero-order valence-corrected chi connectivity index (χ0v) is 15.3. The van der Waals surface area contributed by atoms with Gasteiger partial charge in [-0.15, -0.1) is 0 Å². The quantitative estimate of drug-likeness (QED) is 0.434. The molecule has 0 radical (unpaired) electrons. The van der Waals surface area contributed by atoms with Crippen molar-refractivity contribution in [2.24, 2.45) is 10.4 Å².